The van der Waals surface area contributed by atoms with E-state index in [1.54, 1.807) is 0 Å². The van der Waals surface area contributed by atoms with Gasteiger partial charge in [0.05, 0.1) is 6.61 Å². The molecule has 2 heteroatoms. The lowest BCUT2D eigenvalue weighted by atomic mass is 10.0. The molecular formula is C12H19NO. The van der Waals surface area contributed by atoms with Crippen LogP contribution in [0.1, 0.15) is 38.3 Å². The van der Waals surface area contributed by atoms with Gasteiger partial charge in [-0.15, -0.1) is 0 Å². The fourth-order valence-corrected chi connectivity index (χ4v) is 1.48. The van der Waals surface area contributed by atoms with E-state index < -0.39 is 0 Å². The van der Waals surface area contributed by atoms with Crippen LogP contribution in [0.25, 0.3) is 0 Å². The van der Waals surface area contributed by atoms with E-state index in [2.05, 4.69) is 13.0 Å². The second-order valence-corrected chi connectivity index (χ2v) is 3.40. The molecule has 1 aromatic rings. The predicted octanol–water partition coefficient (Wildman–Crippen LogP) is 2.89. The van der Waals surface area contributed by atoms with Crippen LogP contribution in [-0.4, -0.2) is 6.61 Å². The molecule has 0 aromatic heterocycles. The van der Waals surface area contributed by atoms with Crippen molar-refractivity contribution in [2.45, 2.75) is 32.7 Å². The molecule has 0 aliphatic rings. The molecule has 0 bridgehead atoms. The highest BCUT2D eigenvalue weighted by atomic mass is 16.5. The summed E-state index contributed by atoms with van der Waals surface area (Å²) < 4.78 is 5.42. The Morgan fingerprint density at radius 1 is 1.36 bits per heavy atom. The molecule has 2 nitrogen and oxygen atoms in total. The highest BCUT2D eigenvalue weighted by Gasteiger charge is 2.05. The summed E-state index contributed by atoms with van der Waals surface area (Å²) in [5.74, 6) is 0.913. The Hall–Kier alpha value is -1.02. The molecule has 14 heavy (non-hydrogen) atoms. The first-order valence-corrected chi connectivity index (χ1v) is 5.26. The molecule has 0 fully saturated rings. The third-order valence-corrected chi connectivity index (χ3v) is 2.20. The Bertz CT molecular complexity index is 273. The van der Waals surface area contributed by atoms with Crippen LogP contribution in [0, 0.1) is 0 Å². The minimum absolute atomic E-state index is 0.139. The Morgan fingerprint density at radius 3 is 2.79 bits per heavy atom. The molecule has 0 heterocycles. The second-order valence-electron chi connectivity index (χ2n) is 3.40. The molecule has 0 saturated heterocycles. The van der Waals surface area contributed by atoms with Crippen molar-refractivity contribution >= 4 is 0 Å². The monoisotopic (exact) mass is 193 g/mol. The van der Waals surface area contributed by atoms with E-state index >= 15 is 0 Å². The summed E-state index contributed by atoms with van der Waals surface area (Å²) in [6, 6.07) is 8.19. The lowest BCUT2D eigenvalue weighted by Crippen LogP contribution is -2.09. The largest absolute Gasteiger partial charge is 0.494 e. The maximum atomic E-state index is 6.02. The summed E-state index contributed by atoms with van der Waals surface area (Å²) in [5.41, 5.74) is 7.18. The second kappa shape index (κ2) is 5.66. The van der Waals surface area contributed by atoms with Crippen LogP contribution in [0.15, 0.2) is 24.3 Å². The first kappa shape index (κ1) is 11.1. The molecule has 0 saturated carbocycles. The zero-order valence-corrected chi connectivity index (χ0v) is 8.99. The van der Waals surface area contributed by atoms with Gasteiger partial charge in [0.15, 0.2) is 0 Å². The van der Waals surface area contributed by atoms with Gasteiger partial charge in [0.25, 0.3) is 0 Å². The van der Waals surface area contributed by atoms with Gasteiger partial charge in [0, 0.05) is 6.04 Å². The lowest BCUT2D eigenvalue weighted by molar-refractivity contribution is 0.339. The van der Waals surface area contributed by atoms with Crippen LogP contribution in [0.4, 0.5) is 0 Å². The van der Waals surface area contributed by atoms with Crippen LogP contribution < -0.4 is 10.5 Å². The van der Waals surface area contributed by atoms with Gasteiger partial charge in [0.2, 0.25) is 0 Å². The number of nitrogens with two attached hydrogens (primary N) is 1. The van der Waals surface area contributed by atoms with Gasteiger partial charge in [-0.25, -0.2) is 0 Å². The number of hydrogen-bond acceptors (Lipinski definition) is 2. The lowest BCUT2D eigenvalue weighted by Gasteiger charge is -2.12. The third-order valence-electron chi connectivity index (χ3n) is 2.20. The highest BCUT2D eigenvalue weighted by Crippen LogP contribution is 2.20. The molecule has 78 valence electrons. The van der Waals surface area contributed by atoms with Gasteiger partial charge in [0.1, 0.15) is 5.75 Å². The minimum atomic E-state index is 0.139. The van der Waals surface area contributed by atoms with Crippen molar-refractivity contribution in [1.29, 1.82) is 0 Å². The van der Waals surface area contributed by atoms with Crippen molar-refractivity contribution in [2.75, 3.05) is 6.61 Å². The van der Waals surface area contributed by atoms with E-state index in [-0.39, 0.29) is 6.04 Å². The number of benzene rings is 1. The van der Waals surface area contributed by atoms with Gasteiger partial charge < -0.3 is 10.5 Å². The van der Waals surface area contributed by atoms with Crippen molar-refractivity contribution < 1.29 is 4.74 Å². The Balaban J connectivity index is 2.71. The Morgan fingerprint density at radius 2 is 2.14 bits per heavy atom. The summed E-state index contributed by atoms with van der Waals surface area (Å²) >= 11 is 0. The van der Waals surface area contributed by atoms with Crippen molar-refractivity contribution in [1.82, 2.24) is 0 Å². The maximum Gasteiger partial charge on any atom is 0.119 e. The molecule has 0 radical (unpaired) electrons. The van der Waals surface area contributed by atoms with Crippen LogP contribution in [0.2, 0.25) is 0 Å². The van der Waals surface area contributed by atoms with E-state index in [0.29, 0.717) is 6.61 Å². The fourth-order valence-electron chi connectivity index (χ4n) is 1.48. The van der Waals surface area contributed by atoms with Gasteiger partial charge in [-0.05, 0) is 31.0 Å². The fraction of sp³-hybridized carbons (Fsp3) is 0.500. The highest BCUT2D eigenvalue weighted by molar-refractivity contribution is 5.30. The van der Waals surface area contributed by atoms with Crippen LogP contribution in [0.3, 0.4) is 0 Å². The van der Waals surface area contributed by atoms with Crippen LogP contribution >= 0.6 is 0 Å². The molecule has 2 N–H and O–H groups in total. The SMILES string of the molecule is CCCC(N)c1cccc(OCC)c1. The normalized spacial score (nSPS) is 12.5. The van der Waals surface area contributed by atoms with Crippen molar-refractivity contribution in [2.24, 2.45) is 5.73 Å². The Kier molecular flexibility index (Phi) is 4.47. The van der Waals surface area contributed by atoms with E-state index in [1.807, 2.05) is 25.1 Å². The molecule has 1 rings (SSSR count). The van der Waals surface area contributed by atoms with Gasteiger partial charge in [-0.3, -0.25) is 0 Å². The summed E-state index contributed by atoms with van der Waals surface area (Å²) in [6.45, 7) is 4.83. The summed E-state index contributed by atoms with van der Waals surface area (Å²) in [6.07, 6.45) is 2.13. The van der Waals surface area contributed by atoms with Gasteiger partial charge in [-0.1, -0.05) is 25.5 Å². The van der Waals surface area contributed by atoms with Crippen molar-refractivity contribution in [3.8, 4) is 5.75 Å². The summed E-state index contributed by atoms with van der Waals surface area (Å²) in [7, 11) is 0. The van der Waals surface area contributed by atoms with E-state index in [9.17, 15) is 0 Å². The number of hydrogen-bond donors (Lipinski definition) is 1. The summed E-state index contributed by atoms with van der Waals surface area (Å²) in [5, 5.41) is 0. The topological polar surface area (TPSA) is 35.2 Å². The molecule has 0 spiro atoms. The van der Waals surface area contributed by atoms with E-state index in [4.69, 9.17) is 10.5 Å². The van der Waals surface area contributed by atoms with Crippen molar-refractivity contribution in [3.63, 3.8) is 0 Å². The van der Waals surface area contributed by atoms with Crippen LogP contribution in [-0.2, 0) is 0 Å². The molecule has 0 amide bonds. The molecule has 0 aliphatic carbocycles. The average molecular weight is 193 g/mol. The quantitative estimate of drug-likeness (QED) is 0.780. The van der Waals surface area contributed by atoms with Gasteiger partial charge in [-0.2, -0.15) is 0 Å². The number of rotatable bonds is 5. The van der Waals surface area contributed by atoms with Gasteiger partial charge >= 0.3 is 0 Å². The molecular weight excluding hydrogens is 174 g/mol. The molecule has 1 unspecified atom stereocenters. The zero-order valence-electron chi connectivity index (χ0n) is 8.99. The third kappa shape index (κ3) is 3.04. The zero-order chi connectivity index (χ0) is 10.4. The first-order valence-electron chi connectivity index (χ1n) is 5.26. The Labute approximate surface area is 86.1 Å². The van der Waals surface area contributed by atoms with Crippen LogP contribution in [0.5, 0.6) is 5.75 Å². The van der Waals surface area contributed by atoms with E-state index in [0.717, 1.165) is 24.2 Å². The average Bonchev–Trinajstić information content (AvgIpc) is 2.19. The number of ether oxygens (including phenoxy) is 1. The maximum absolute atomic E-state index is 6.02. The first-order chi connectivity index (χ1) is 6.77. The molecule has 0 aliphatic heterocycles. The molecule has 1 atom stereocenters. The van der Waals surface area contributed by atoms with Crippen molar-refractivity contribution in [3.05, 3.63) is 29.8 Å². The molecule has 1 aromatic carbocycles. The minimum Gasteiger partial charge on any atom is -0.494 e. The van der Waals surface area contributed by atoms with E-state index in [1.165, 1.54) is 0 Å². The smallest absolute Gasteiger partial charge is 0.119 e. The standard InChI is InChI=1S/C12H19NO/c1-3-6-12(13)10-7-5-8-11(9-10)14-4-2/h5,7-9,12H,3-4,6,13H2,1-2H3. The predicted molar refractivity (Wildman–Crippen MR) is 59.4 cm³/mol. The summed E-state index contributed by atoms with van der Waals surface area (Å²) in [4.78, 5) is 0.